The lowest BCUT2D eigenvalue weighted by Crippen LogP contribution is -2.09. The van der Waals surface area contributed by atoms with Crippen LogP contribution in [0.15, 0.2) is 30.6 Å². The van der Waals surface area contributed by atoms with E-state index in [-0.39, 0.29) is 0 Å². The van der Waals surface area contributed by atoms with Gasteiger partial charge in [0.1, 0.15) is 5.82 Å². The van der Waals surface area contributed by atoms with Crippen LogP contribution in [0.25, 0.3) is 0 Å². The summed E-state index contributed by atoms with van der Waals surface area (Å²) < 4.78 is 38.2. The number of H-pyrrole nitrogens is 1. The van der Waals surface area contributed by atoms with E-state index in [0.29, 0.717) is 24.0 Å². The molecule has 0 unspecified atom stereocenters. The van der Waals surface area contributed by atoms with Gasteiger partial charge in [-0.15, -0.1) is 0 Å². The zero-order chi connectivity index (χ0) is 13.2. The third-order valence-corrected chi connectivity index (χ3v) is 2.94. The molecule has 0 radical (unpaired) electrons. The van der Waals surface area contributed by atoms with Crippen LogP contribution in [-0.2, 0) is 19.0 Å². The molecule has 0 amide bonds. The van der Waals surface area contributed by atoms with Gasteiger partial charge in [0.05, 0.1) is 5.56 Å². The van der Waals surface area contributed by atoms with Crippen LogP contribution in [0.3, 0.4) is 0 Å². The molecule has 2 rings (SSSR count). The first-order valence-electron chi connectivity index (χ1n) is 5.62. The second kappa shape index (κ2) is 4.84. The number of alkyl halides is 3. The molecule has 2 aromatic rings. The van der Waals surface area contributed by atoms with E-state index in [9.17, 15) is 13.2 Å². The second-order valence-electron chi connectivity index (χ2n) is 4.12. The molecular formula is C13H13F3N2. The standard InChI is InChI=1S/C13H13F3N2/c1-9-10(5-6-12-17-7-8-18-12)3-2-4-11(9)13(14,15)16/h2-4,7-8H,5-6H2,1H3,(H,17,18). The van der Waals surface area contributed by atoms with Gasteiger partial charge in [-0.05, 0) is 30.5 Å². The van der Waals surface area contributed by atoms with Crippen molar-refractivity contribution >= 4 is 0 Å². The van der Waals surface area contributed by atoms with E-state index in [4.69, 9.17) is 0 Å². The van der Waals surface area contributed by atoms with Crippen LogP contribution in [0.2, 0.25) is 0 Å². The van der Waals surface area contributed by atoms with Gasteiger partial charge < -0.3 is 4.98 Å². The van der Waals surface area contributed by atoms with Crippen molar-refractivity contribution in [3.63, 3.8) is 0 Å². The van der Waals surface area contributed by atoms with E-state index in [2.05, 4.69) is 9.97 Å². The predicted molar refractivity (Wildman–Crippen MR) is 62.2 cm³/mol. The van der Waals surface area contributed by atoms with E-state index in [1.54, 1.807) is 18.5 Å². The molecule has 96 valence electrons. The molecular weight excluding hydrogens is 241 g/mol. The number of aromatic amines is 1. The fraction of sp³-hybridized carbons (Fsp3) is 0.308. The average molecular weight is 254 g/mol. The van der Waals surface area contributed by atoms with Crippen molar-refractivity contribution in [1.82, 2.24) is 9.97 Å². The van der Waals surface area contributed by atoms with Crippen LogP contribution in [-0.4, -0.2) is 9.97 Å². The third-order valence-electron chi connectivity index (χ3n) is 2.94. The van der Waals surface area contributed by atoms with Crippen molar-refractivity contribution in [3.05, 3.63) is 53.1 Å². The average Bonchev–Trinajstić information content (AvgIpc) is 2.79. The van der Waals surface area contributed by atoms with Crippen molar-refractivity contribution in [2.24, 2.45) is 0 Å². The number of rotatable bonds is 3. The second-order valence-corrected chi connectivity index (χ2v) is 4.12. The summed E-state index contributed by atoms with van der Waals surface area (Å²) in [6, 6.07) is 4.30. The van der Waals surface area contributed by atoms with Gasteiger partial charge in [0, 0.05) is 18.8 Å². The Labute approximate surface area is 103 Å². The maximum absolute atomic E-state index is 12.7. The molecule has 0 bridgehead atoms. The highest BCUT2D eigenvalue weighted by atomic mass is 19.4. The minimum Gasteiger partial charge on any atom is -0.349 e. The number of nitrogens with zero attached hydrogens (tertiary/aromatic N) is 1. The number of aromatic nitrogens is 2. The maximum Gasteiger partial charge on any atom is 0.416 e. The first-order chi connectivity index (χ1) is 8.48. The lowest BCUT2D eigenvalue weighted by atomic mass is 9.98. The van der Waals surface area contributed by atoms with E-state index < -0.39 is 11.7 Å². The van der Waals surface area contributed by atoms with E-state index in [1.165, 1.54) is 13.0 Å². The summed E-state index contributed by atoms with van der Waals surface area (Å²) in [7, 11) is 0. The Bertz CT molecular complexity index is 516. The monoisotopic (exact) mass is 254 g/mol. The summed E-state index contributed by atoms with van der Waals surface area (Å²) in [5, 5.41) is 0. The number of benzene rings is 1. The summed E-state index contributed by atoms with van der Waals surface area (Å²) in [6.45, 7) is 1.51. The van der Waals surface area contributed by atoms with Crippen molar-refractivity contribution in [1.29, 1.82) is 0 Å². The van der Waals surface area contributed by atoms with Crippen molar-refractivity contribution in [3.8, 4) is 0 Å². The number of hydrogen-bond donors (Lipinski definition) is 1. The molecule has 0 fully saturated rings. The van der Waals surface area contributed by atoms with Crippen LogP contribution < -0.4 is 0 Å². The van der Waals surface area contributed by atoms with Crippen LogP contribution in [0.4, 0.5) is 13.2 Å². The van der Waals surface area contributed by atoms with E-state index in [0.717, 1.165) is 11.9 Å². The first-order valence-corrected chi connectivity index (χ1v) is 5.62. The molecule has 0 saturated carbocycles. The Morgan fingerprint density at radius 1 is 1.22 bits per heavy atom. The molecule has 0 aliphatic rings. The fourth-order valence-electron chi connectivity index (χ4n) is 1.95. The largest absolute Gasteiger partial charge is 0.416 e. The molecule has 5 heteroatoms. The van der Waals surface area contributed by atoms with Crippen molar-refractivity contribution < 1.29 is 13.2 Å². The zero-order valence-corrected chi connectivity index (χ0v) is 9.88. The zero-order valence-electron chi connectivity index (χ0n) is 9.88. The molecule has 0 aliphatic carbocycles. The Hall–Kier alpha value is -1.78. The van der Waals surface area contributed by atoms with Crippen LogP contribution >= 0.6 is 0 Å². The highest BCUT2D eigenvalue weighted by molar-refractivity contribution is 5.36. The number of aryl methyl sites for hydroxylation is 2. The first kappa shape index (κ1) is 12.7. The topological polar surface area (TPSA) is 28.7 Å². The SMILES string of the molecule is Cc1c(CCc2ncc[nH]2)cccc1C(F)(F)F. The van der Waals surface area contributed by atoms with E-state index in [1.807, 2.05) is 0 Å². The molecule has 1 aromatic heterocycles. The summed E-state index contributed by atoms with van der Waals surface area (Å²) in [5.41, 5.74) is 0.456. The van der Waals surface area contributed by atoms with Crippen molar-refractivity contribution in [2.45, 2.75) is 25.9 Å². The Balaban J connectivity index is 2.19. The molecule has 1 N–H and O–H groups in total. The van der Waals surface area contributed by atoms with Gasteiger partial charge in [0.15, 0.2) is 0 Å². The van der Waals surface area contributed by atoms with Gasteiger partial charge in [-0.3, -0.25) is 0 Å². The van der Waals surface area contributed by atoms with Crippen LogP contribution in [0.5, 0.6) is 0 Å². The fourth-order valence-corrected chi connectivity index (χ4v) is 1.95. The predicted octanol–water partition coefficient (Wildman–Crippen LogP) is 3.52. The maximum atomic E-state index is 12.7. The lowest BCUT2D eigenvalue weighted by molar-refractivity contribution is -0.138. The van der Waals surface area contributed by atoms with Gasteiger partial charge >= 0.3 is 6.18 Å². The summed E-state index contributed by atoms with van der Waals surface area (Å²) in [5.74, 6) is 0.784. The third kappa shape index (κ3) is 2.72. The summed E-state index contributed by atoms with van der Waals surface area (Å²) in [6.07, 6.45) is 0.200. The molecule has 18 heavy (non-hydrogen) atoms. The van der Waals surface area contributed by atoms with E-state index >= 15 is 0 Å². The molecule has 1 heterocycles. The molecule has 0 saturated heterocycles. The molecule has 0 spiro atoms. The number of imidazole rings is 1. The minimum absolute atomic E-state index is 0.302. The summed E-state index contributed by atoms with van der Waals surface area (Å²) >= 11 is 0. The smallest absolute Gasteiger partial charge is 0.349 e. The van der Waals surface area contributed by atoms with Gasteiger partial charge in [-0.25, -0.2) is 4.98 Å². The highest BCUT2D eigenvalue weighted by Crippen LogP contribution is 2.33. The number of hydrogen-bond acceptors (Lipinski definition) is 1. The van der Waals surface area contributed by atoms with Gasteiger partial charge in [0.2, 0.25) is 0 Å². The Morgan fingerprint density at radius 3 is 2.61 bits per heavy atom. The highest BCUT2D eigenvalue weighted by Gasteiger charge is 2.32. The molecule has 0 atom stereocenters. The van der Waals surface area contributed by atoms with Gasteiger partial charge in [0.25, 0.3) is 0 Å². The molecule has 0 aliphatic heterocycles. The Kier molecular flexibility index (Phi) is 3.41. The summed E-state index contributed by atoms with van der Waals surface area (Å²) in [4.78, 5) is 6.99. The van der Waals surface area contributed by atoms with Crippen molar-refractivity contribution in [2.75, 3.05) is 0 Å². The molecule has 1 aromatic carbocycles. The van der Waals surface area contributed by atoms with Gasteiger partial charge in [-0.2, -0.15) is 13.2 Å². The quantitative estimate of drug-likeness (QED) is 0.891. The van der Waals surface area contributed by atoms with Crippen LogP contribution in [0.1, 0.15) is 22.5 Å². The minimum atomic E-state index is -4.29. The van der Waals surface area contributed by atoms with Gasteiger partial charge in [-0.1, -0.05) is 12.1 Å². The normalized spacial score (nSPS) is 11.8. The lowest BCUT2D eigenvalue weighted by Gasteiger charge is -2.13. The molecule has 2 nitrogen and oxygen atoms in total. The van der Waals surface area contributed by atoms with Crippen LogP contribution in [0, 0.1) is 6.92 Å². The number of nitrogens with one attached hydrogen (secondary N) is 1. The number of halogens is 3. The Morgan fingerprint density at radius 2 is 2.00 bits per heavy atom.